The molecular weight excluding hydrogens is 173 g/mol. The lowest BCUT2D eigenvalue weighted by Crippen LogP contribution is -2.50. The number of alkyl halides is 3. The Hall–Kier alpha value is -1.53. The van der Waals surface area contributed by atoms with Gasteiger partial charge in [-0.15, -0.1) is 0 Å². The molecule has 0 spiro atoms. The molecule has 1 rings (SSSR count). The number of hydrogen-bond acceptors (Lipinski definition) is 3. The maximum Gasteiger partial charge on any atom is 0.418 e. The van der Waals surface area contributed by atoms with Gasteiger partial charge in [0, 0.05) is 6.07 Å². The second-order valence-electron chi connectivity index (χ2n) is 2.11. The molecule has 4 N–H and O–H groups in total. The number of nitrogens with two attached hydrogens (primary N) is 2. The summed E-state index contributed by atoms with van der Waals surface area (Å²) in [6, 6.07) is 0.715. The minimum absolute atomic E-state index is 0.246. The van der Waals surface area contributed by atoms with Gasteiger partial charge in [-0.3, -0.25) is 5.73 Å². The Labute approximate surface area is 65.6 Å². The fraction of sp³-hybridized carbons (Fsp3) is 0.200. The Kier molecular flexibility index (Phi) is 1.79. The minimum Gasteiger partial charge on any atom is -0.284 e. The number of aromatic nitrogens is 2. The summed E-state index contributed by atoms with van der Waals surface area (Å²) < 4.78 is 35.9. The third kappa shape index (κ3) is 1.55. The smallest absolute Gasteiger partial charge is 0.284 e. The predicted molar refractivity (Wildman–Crippen MR) is 34.0 cm³/mol. The first-order chi connectivity index (χ1) is 5.41. The van der Waals surface area contributed by atoms with Crippen molar-refractivity contribution in [3.05, 3.63) is 17.8 Å². The Balaban J connectivity index is 3.14. The molecule has 0 aliphatic heterocycles. The molecule has 4 nitrogen and oxygen atoms in total. The standard InChI is InChI=1S/C5H5F3N4/c6-5(7,8)3-1-4(9)12(10)11-2-3/h1-2,9H,10H2/p+1. The van der Waals surface area contributed by atoms with Crippen molar-refractivity contribution in [1.82, 2.24) is 5.10 Å². The SMILES string of the molecule is Nc1cc(C(F)(F)F)cn[n+]1N. The highest BCUT2D eigenvalue weighted by atomic mass is 19.4. The number of nitrogens with zero attached hydrogens (tertiary/aromatic N) is 2. The van der Waals surface area contributed by atoms with E-state index >= 15 is 0 Å². The van der Waals surface area contributed by atoms with Gasteiger partial charge in [0.25, 0.3) is 0 Å². The van der Waals surface area contributed by atoms with E-state index in [1.54, 1.807) is 0 Å². The summed E-state index contributed by atoms with van der Waals surface area (Å²) in [7, 11) is 0. The zero-order valence-electron chi connectivity index (χ0n) is 5.84. The summed E-state index contributed by atoms with van der Waals surface area (Å²) in [4.78, 5) is 0.662. The number of rotatable bonds is 0. The summed E-state index contributed by atoms with van der Waals surface area (Å²) in [5.41, 5.74) is 4.18. The lowest BCUT2D eigenvalue weighted by molar-refractivity contribution is -0.686. The number of nitrogen functional groups attached to an aromatic ring is 2. The first-order valence-electron chi connectivity index (χ1n) is 2.91. The van der Waals surface area contributed by atoms with Gasteiger partial charge in [-0.25, -0.2) is 5.84 Å². The van der Waals surface area contributed by atoms with Gasteiger partial charge < -0.3 is 0 Å². The van der Waals surface area contributed by atoms with Crippen molar-refractivity contribution in [2.75, 3.05) is 11.6 Å². The van der Waals surface area contributed by atoms with E-state index in [2.05, 4.69) is 5.10 Å². The average molecular weight is 179 g/mol. The zero-order chi connectivity index (χ0) is 9.35. The van der Waals surface area contributed by atoms with Gasteiger partial charge in [-0.1, -0.05) is 5.10 Å². The number of hydrogen-bond donors (Lipinski definition) is 2. The van der Waals surface area contributed by atoms with Crippen LogP contribution in [0, 0.1) is 0 Å². The molecule has 0 aliphatic rings. The van der Waals surface area contributed by atoms with Crippen LogP contribution in [0.2, 0.25) is 0 Å². The first kappa shape index (κ1) is 8.57. The second-order valence-corrected chi connectivity index (χ2v) is 2.11. The zero-order valence-corrected chi connectivity index (χ0v) is 5.84. The topological polar surface area (TPSA) is 68.8 Å². The van der Waals surface area contributed by atoms with Gasteiger partial charge in [0.05, 0.1) is 11.8 Å². The van der Waals surface area contributed by atoms with E-state index in [0.717, 1.165) is 0 Å². The molecule has 0 bridgehead atoms. The van der Waals surface area contributed by atoms with Crippen molar-refractivity contribution in [1.29, 1.82) is 0 Å². The summed E-state index contributed by atoms with van der Waals surface area (Å²) in [5, 5.41) is 3.19. The molecule has 0 aromatic carbocycles. The lowest BCUT2D eigenvalue weighted by Gasteiger charge is -2.04. The van der Waals surface area contributed by atoms with Crippen LogP contribution in [0.25, 0.3) is 0 Å². The molecule has 0 saturated carbocycles. The molecule has 0 amide bonds. The van der Waals surface area contributed by atoms with Crippen molar-refractivity contribution in [3.8, 4) is 0 Å². The quantitative estimate of drug-likeness (QED) is 0.423. The number of halogens is 3. The molecule has 0 fully saturated rings. The van der Waals surface area contributed by atoms with Crippen LogP contribution in [0.3, 0.4) is 0 Å². The van der Waals surface area contributed by atoms with E-state index in [1.165, 1.54) is 0 Å². The predicted octanol–water partition coefficient (Wildman–Crippen LogP) is -0.316. The van der Waals surface area contributed by atoms with Crippen LogP contribution in [-0.2, 0) is 6.18 Å². The third-order valence-corrected chi connectivity index (χ3v) is 1.22. The van der Waals surface area contributed by atoms with E-state index in [4.69, 9.17) is 11.6 Å². The van der Waals surface area contributed by atoms with Crippen LogP contribution in [0.15, 0.2) is 12.3 Å². The molecule has 12 heavy (non-hydrogen) atoms. The molecule has 66 valence electrons. The van der Waals surface area contributed by atoms with Crippen molar-refractivity contribution < 1.29 is 18.0 Å². The Morgan fingerprint density at radius 3 is 2.42 bits per heavy atom. The van der Waals surface area contributed by atoms with Gasteiger partial charge in [-0.2, -0.15) is 13.2 Å². The normalized spacial score (nSPS) is 11.6. The highest BCUT2D eigenvalue weighted by Crippen LogP contribution is 2.28. The summed E-state index contributed by atoms with van der Waals surface area (Å²) in [5.74, 6) is 4.80. The summed E-state index contributed by atoms with van der Waals surface area (Å²) in [6.45, 7) is 0. The van der Waals surface area contributed by atoms with E-state index in [9.17, 15) is 13.2 Å². The van der Waals surface area contributed by atoms with E-state index in [1.807, 2.05) is 0 Å². The van der Waals surface area contributed by atoms with Gasteiger partial charge >= 0.3 is 12.0 Å². The summed E-state index contributed by atoms with van der Waals surface area (Å²) in [6.07, 6.45) is -3.83. The molecular formula is C5H6F3N4+. The maximum absolute atomic E-state index is 12.0. The van der Waals surface area contributed by atoms with Gasteiger partial charge in [0.2, 0.25) is 0 Å². The number of anilines is 1. The van der Waals surface area contributed by atoms with E-state index in [-0.39, 0.29) is 5.82 Å². The van der Waals surface area contributed by atoms with Gasteiger partial charge in [0.15, 0.2) is 0 Å². The van der Waals surface area contributed by atoms with E-state index in [0.29, 0.717) is 17.1 Å². The Bertz CT molecular complexity index is 295. The maximum atomic E-state index is 12.0. The molecule has 1 aromatic rings. The molecule has 0 atom stereocenters. The van der Waals surface area contributed by atoms with Crippen LogP contribution in [-0.4, -0.2) is 5.10 Å². The first-order valence-corrected chi connectivity index (χ1v) is 2.91. The minimum atomic E-state index is -4.44. The molecule has 0 radical (unpaired) electrons. The highest BCUT2D eigenvalue weighted by molar-refractivity contribution is 5.26. The van der Waals surface area contributed by atoms with Crippen LogP contribution in [0.1, 0.15) is 5.56 Å². The van der Waals surface area contributed by atoms with Crippen molar-refractivity contribution >= 4 is 5.82 Å². The Morgan fingerprint density at radius 2 is 2.00 bits per heavy atom. The molecule has 7 heteroatoms. The molecule has 1 aromatic heterocycles. The fourth-order valence-electron chi connectivity index (χ4n) is 0.609. The lowest BCUT2D eigenvalue weighted by atomic mass is 10.3. The van der Waals surface area contributed by atoms with Crippen molar-refractivity contribution in [3.63, 3.8) is 0 Å². The van der Waals surface area contributed by atoms with Crippen LogP contribution < -0.4 is 16.4 Å². The molecule has 0 unspecified atom stereocenters. The van der Waals surface area contributed by atoms with Gasteiger partial charge in [0.1, 0.15) is 0 Å². The third-order valence-electron chi connectivity index (χ3n) is 1.22. The van der Waals surface area contributed by atoms with Gasteiger partial charge in [-0.05, 0) is 4.79 Å². The second kappa shape index (κ2) is 2.50. The fourth-order valence-corrected chi connectivity index (χ4v) is 0.609. The average Bonchev–Trinajstić information content (AvgIpc) is 1.92. The van der Waals surface area contributed by atoms with Crippen molar-refractivity contribution in [2.24, 2.45) is 0 Å². The van der Waals surface area contributed by atoms with Crippen LogP contribution in [0.4, 0.5) is 19.0 Å². The Morgan fingerprint density at radius 1 is 1.42 bits per heavy atom. The largest absolute Gasteiger partial charge is 0.418 e. The molecule has 1 heterocycles. The highest BCUT2D eigenvalue weighted by Gasteiger charge is 2.32. The van der Waals surface area contributed by atoms with E-state index < -0.39 is 11.7 Å². The van der Waals surface area contributed by atoms with Crippen molar-refractivity contribution in [2.45, 2.75) is 6.18 Å². The monoisotopic (exact) mass is 179 g/mol. The van der Waals surface area contributed by atoms with Crippen LogP contribution in [0.5, 0.6) is 0 Å². The molecule has 0 saturated heterocycles. The summed E-state index contributed by atoms with van der Waals surface area (Å²) >= 11 is 0. The molecule has 0 aliphatic carbocycles. The van der Waals surface area contributed by atoms with Crippen LogP contribution >= 0.6 is 0 Å².